The first kappa shape index (κ1) is 22.8. The normalized spacial score (nSPS) is 13.4. The van der Waals surface area contributed by atoms with Crippen LogP contribution in [0.2, 0.25) is 0 Å². The summed E-state index contributed by atoms with van der Waals surface area (Å²) in [6, 6.07) is 8.51. The summed E-state index contributed by atoms with van der Waals surface area (Å²) in [7, 11) is 2.74. The molecule has 0 spiro atoms. The monoisotopic (exact) mass is 440 g/mol. The minimum absolute atomic E-state index is 0.148. The van der Waals surface area contributed by atoms with Crippen LogP contribution in [0.1, 0.15) is 52.6 Å². The molecule has 1 unspecified atom stereocenters. The van der Waals surface area contributed by atoms with Crippen LogP contribution >= 0.6 is 0 Å². The maximum Gasteiger partial charge on any atom is 0.307 e. The van der Waals surface area contributed by atoms with Crippen molar-refractivity contribution in [3.63, 3.8) is 0 Å². The molecule has 3 amide bonds. The molecular formula is C23H24N2O7. The van der Waals surface area contributed by atoms with E-state index in [9.17, 15) is 19.2 Å². The third-order valence-corrected chi connectivity index (χ3v) is 5.01. The van der Waals surface area contributed by atoms with Crippen molar-refractivity contribution in [1.29, 1.82) is 0 Å². The van der Waals surface area contributed by atoms with E-state index in [1.54, 1.807) is 24.3 Å². The minimum Gasteiger partial charge on any atom is -0.493 e. The van der Waals surface area contributed by atoms with Gasteiger partial charge in [-0.2, -0.15) is 0 Å². The molecule has 1 heterocycles. The van der Waals surface area contributed by atoms with Crippen LogP contribution in [-0.4, -0.2) is 49.4 Å². The van der Waals surface area contributed by atoms with Gasteiger partial charge < -0.3 is 19.5 Å². The van der Waals surface area contributed by atoms with Crippen LogP contribution in [0, 0.1) is 0 Å². The third kappa shape index (κ3) is 4.41. The average Bonchev–Trinajstić information content (AvgIpc) is 3.01. The lowest BCUT2D eigenvalue weighted by atomic mass is 10.0. The van der Waals surface area contributed by atoms with E-state index in [0.717, 1.165) is 4.90 Å². The van der Waals surface area contributed by atoms with Gasteiger partial charge >= 0.3 is 5.97 Å². The van der Waals surface area contributed by atoms with Gasteiger partial charge in [0.2, 0.25) is 5.91 Å². The molecule has 1 atom stereocenters. The van der Waals surface area contributed by atoms with Crippen LogP contribution in [0.25, 0.3) is 0 Å². The highest BCUT2D eigenvalue weighted by Gasteiger charge is 2.42. The molecular weight excluding hydrogens is 416 g/mol. The lowest BCUT2D eigenvalue weighted by Crippen LogP contribution is -2.35. The fourth-order valence-electron chi connectivity index (χ4n) is 3.59. The number of hydrogen-bond donors (Lipinski definition) is 1. The molecule has 0 aromatic heterocycles. The van der Waals surface area contributed by atoms with E-state index in [1.165, 1.54) is 33.3 Å². The molecule has 0 fully saturated rings. The molecule has 0 saturated heterocycles. The van der Waals surface area contributed by atoms with Gasteiger partial charge in [0.1, 0.15) is 0 Å². The molecule has 0 aliphatic carbocycles. The summed E-state index contributed by atoms with van der Waals surface area (Å²) in [5.41, 5.74) is 1.25. The SMILES string of the molecule is CCOc1cc(C(CC(=O)OC)N2C(=O)c3ccc(NC(C)=O)cc3C2=O)ccc1OC. The fourth-order valence-corrected chi connectivity index (χ4v) is 3.59. The van der Waals surface area contributed by atoms with Crippen molar-refractivity contribution in [2.24, 2.45) is 0 Å². The fraction of sp³-hybridized carbons (Fsp3) is 0.304. The van der Waals surface area contributed by atoms with Crippen molar-refractivity contribution in [2.75, 3.05) is 26.1 Å². The predicted molar refractivity (Wildman–Crippen MR) is 115 cm³/mol. The lowest BCUT2D eigenvalue weighted by molar-refractivity contribution is -0.141. The number of nitrogens with one attached hydrogen (secondary N) is 1. The molecule has 1 N–H and O–H groups in total. The smallest absolute Gasteiger partial charge is 0.307 e. The number of fused-ring (bicyclic) bond motifs is 1. The van der Waals surface area contributed by atoms with Crippen molar-refractivity contribution >= 4 is 29.4 Å². The van der Waals surface area contributed by atoms with Gasteiger partial charge in [-0.1, -0.05) is 6.07 Å². The first-order chi connectivity index (χ1) is 15.3. The molecule has 168 valence electrons. The van der Waals surface area contributed by atoms with E-state index in [2.05, 4.69) is 5.32 Å². The molecule has 0 saturated carbocycles. The zero-order valence-corrected chi connectivity index (χ0v) is 18.3. The summed E-state index contributed by atoms with van der Waals surface area (Å²) >= 11 is 0. The highest BCUT2D eigenvalue weighted by atomic mass is 16.5. The van der Waals surface area contributed by atoms with E-state index >= 15 is 0 Å². The van der Waals surface area contributed by atoms with Gasteiger partial charge in [-0.15, -0.1) is 0 Å². The van der Waals surface area contributed by atoms with Gasteiger partial charge in [0.15, 0.2) is 11.5 Å². The maximum absolute atomic E-state index is 13.2. The molecule has 1 aliphatic heterocycles. The zero-order valence-electron chi connectivity index (χ0n) is 18.3. The Kier molecular flexibility index (Phi) is 6.77. The van der Waals surface area contributed by atoms with E-state index in [0.29, 0.717) is 29.4 Å². The third-order valence-electron chi connectivity index (χ3n) is 5.01. The quantitative estimate of drug-likeness (QED) is 0.496. The molecule has 32 heavy (non-hydrogen) atoms. The number of nitrogens with zero attached hydrogens (tertiary/aromatic N) is 1. The minimum atomic E-state index is -0.927. The second-order valence-electron chi connectivity index (χ2n) is 7.06. The van der Waals surface area contributed by atoms with E-state index in [1.807, 2.05) is 6.92 Å². The Bertz CT molecular complexity index is 1080. The van der Waals surface area contributed by atoms with E-state index < -0.39 is 23.8 Å². The van der Waals surface area contributed by atoms with Gasteiger partial charge in [-0.05, 0) is 42.8 Å². The number of methoxy groups -OCH3 is 2. The van der Waals surface area contributed by atoms with Gasteiger partial charge in [-0.25, -0.2) is 0 Å². The lowest BCUT2D eigenvalue weighted by Gasteiger charge is -2.26. The number of ether oxygens (including phenoxy) is 3. The van der Waals surface area contributed by atoms with E-state index in [4.69, 9.17) is 14.2 Å². The number of amides is 3. The second-order valence-corrected chi connectivity index (χ2v) is 7.06. The van der Waals surface area contributed by atoms with Crippen molar-refractivity contribution in [3.8, 4) is 11.5 Å². The predicted octanol–water partition coefficient (Wildman–Crippen LogP) is 2.95. The van der Waals surface area contributed by atoms with Gasteiger partial charge in [0, 0.05) is 12.6 Å². The van der Waals surface area contributed by atoms with Crippen LogP contribution < -0.4 is 14.8 Å². The van der Waals surface area contributed by atoms with Crippen molar-refractivity contribution in [3.05, 3.63) is 53.1 Å². The first-order valence-electron chi connectivity index (χ1n) is 9.97. The highest BCUT2D eigenvalue weighted by molar-refractivity contribution is 6.22. The molecule has 3 rings (SSSR count). The van der Waals surface area contributed by atoms with Crippen molar-refractivity contribution < 1.29 is 33.4 Å². The summed E-state index contributed by atoms with van der Waals surface area (Å²) in [5.74, 6) is -1.09. The standard InChI is InChI=1S/C23H24N2O7/c1-5-32-20-10-14(6-9-19(20)30-3)18(12-21(27)31-4)25-22(28)16-8-7-15(24-13(2)26)11-17(16)23(25)29/h6-11,18H,5,12H2,1-4H3,(H,24,26). The number of imide groups is 1. The largest absolute Gasteiger partial charge is 0.493 e. The molecule has 0 radical (unpaired) electrons. The zero-order chi connectivity index (χ0) is 23.4. The summed E-state index contributed by atoms with van der Waals surface area (Å²) in [4.78, 5) is 51.0. The topological polar surface area (TPSA) is 111 Å². The average molecular weight is 440 g/mol. The highest BCUT2D eigenvalue weighted by Crippen LogP contribution is 2.38. The molecule has 2 aromatic rings. The number of carbonyl (C=O) groups excluding carboxylic acids is 4. The Morgan fingerprint density at radius 1 is 1.00 bits per heavy atom. The van der Waals surface area contributed by atoms with Gasteiger partial charge in [-0.3, -0.25) is 24.1 Å². The number of hydrogen-bond acceptors (Lipinski definition) is 7. The molecule has 2 aromatic carbocycles. The molecule has 9 nitrogen and oxygen atoms in total. The summed E-state index contributed by atoms with van der Waals surface area (Å²) in [5, 5.41) is 2.60. The van der Waals surface area contributed by atoms with Crippen LogP contribution in [-0.2, 0) is 14.3 Å². The number of carbonyl (C=O) groups is 4. The number of anilines is 1. The Morgan fingerprint density at radius 3 is 2.34 bits per heavy atom. The summed E-state index contributed by atoms with van der Waals surface area (Å²) < 4.78 is 15.7. The van der Waals surface area contributed by atoms with Crippen molar-refractivity contribution in [1.82, 2.24) is 4.90 Å². The van der Waals surface area contributed by atoms with Crippen molar-refractivity contribution in [2.45, 2.75) is 26.3 Å². The number of esters is 1. The molecule has 9 heteroatoms. The van der Waals surface area contributed by atoms with Gasteiger partial charge in [0.25, 0.3) is 11.8 Å². The Morgan fingerprint density at radius 2 is 1.72 bits per heavy atom. The van der Waals surface area contributed by atoms with Crippen LogP contribution in [0.4, 0.5) is 5.69 Å². The number of benzene rings is 2. The van der Waals surface area contributed by atoms with E-state index in [-0.39, 0.29) is 23.5 Å². The first-order valence-corrected chi connectivity index (χ1v) is 9.97. The number of rotatable bonds is 8. The summed E-state index contributed by atoms with van der Waals surface area (Å²) in [6.07, 6.45) is -0.238. The van der Waals surface area contributed by atoms with Crippen LogP contribution in [0.3, 0.4) is 0 Å². The molecule has 0 bridgehead atoms. The van der Waals surface area contributed by atoms with Crippen LogP contribution in [0.5, 0.6) is 11.5 Å². The second kappa shape index (κ2) is 9.51. The Hall–Kier alpha value is -3.88. The Balaban J connectivity index is 2.05. The summed E-state index contributed by atoms with van der Waals surface area (Å²) in [6.45, 7) is 3.54. The Labute approximate surface area is 185 Å². The van der Waals surface area contributed by atoms with Gasteiger partial charge in [0.05, 0.1) is 44.4 Å². The van der Waals surface area contributed by atoms with Crippen LogP contribution in [0.15, 0.2) is 36.4 Å². The maximum atomic E-state index is 13.2. The molecule has 1 aliphatic rings.